The second-order valence-corrected chi connectivity index (χ2v) is 7.20. The zero-order valence-electron chi connectivity index (χ0n) is 12.4. The molecule has 1 aromatic carbocycles. The van der Waals surface area contributed by atoms with E-state index in [1.165, 1.54) is 12.1 Å². The number of sulfonamides is 1. The van der Waals surface area contributed by atoms with Crippen LogP contribution in [0.5, 0.6) is 5.75 Å². The predicted octanol–water partition coefficient (Wildman–Crippen LogP) is 1.87. The van der Waals surface area contributed by atoms with Gasteiger partial charge < -0.3 is 9.84 Å². The van der Waals surface area contributed by atoms with Crippen molar-refractivity contribution >= 4 is 21.8 Å². The fraction of sp³-hybridized carbons (Fsp3) is 0.571. The fourth-order valence-corrected chi connectivity index (χ4v) is 3.84. The molecule has 0 spiro atoms. The van der Waals surface area contributed by atoms with Gasteiger partial charge in [-0.1, -0.05) is 6.92 Å². The van der Waals surface area contributed by atoms with Crippen LogP contribution in [0, 0.1) is 0 Å². The summed E-state index contributed by atoms with van der Waals surface area (Å²) in [7, 11) is -3.49. The molecule has 0 fully saturated rings. The largest absolute Gasteiger partial charge is 0.494 e. The molecule has 0 amide bonds. The second kappa shape index (κ2) is 9.30. The van der Waals surface area contributed by atoms with Crippen LogP contribution in [0.3, 0.4) is 0 Å². The first-order chi connectivity index (χ1) is 10.0. The first-order valence-corrected chi connectivity index (χ1v) is 9.76. The highest BCUT2D eigenvalue weighted by atomic mass is 32.2. The summed E-state index contributed by atoms with van der Waals surface area (Å²) in [6, 6.07) is 6.25. The van der Waals surface area contributed by atoms with Crippen LogP contribution in [0.4, 0.5) is 0 Å². The van der Waals surface area contributed by atoms with Crippen molar-refractivity contribution in [2.24, 2.45) is 0 Å². The summed E-state index contributed by atoms with van der Waals surface area (Å²) in [4.78, 5) is 0.233. The van der Waals surface area contributed by atoms with Gasteiger partial charge in [-0.3, -0.25) is 0 Å². The molecule has 1 aromatic rings. The molecule has 0 aromatic heterocycles. The van der Waals surface area contributed by atoms with Crippen molar-refractivity contribution in [1.29, 1.82) is 0 Å². The highest BCUT2D eigenvalue weighted by molar-refractivity contribution is 7.98. The maximum atomic E-state index is 12.3. The Morgan fingerprint density at radius 1 is 1.33 bits per heavy atom. The van der Waals surface area contributed by atoms with Crippen molar-refractivity contribution in [1.82, 2.24) is 4.72 Å². The molecule has 1 rings (SSSR count). The Balaban J connectivity index is 2.70. The zero-order chi connectivity index (χ0) is 15.7. The van der Waals surface area contributed by atoms with Crippen LogP contribution in [0.2, 0.25) is 0 Å². The first-order valence-electron chi connectivity index (χ1n) is 6.88. The number of aliphatic hydroxyl groups excluding tert-OH is 1. The minimum Gasteiger partial charge on any atom is -0.494 e. The Hall–Kier alpha value is -0.760. The monoisotopic (exact) mass is 333 g/mol. The molecule has 0 saturated heterocycles. The lowest BCUT2D eigenvalue weighted by Gasteiger charge is -2.16. The van der Waals surface area contributed by atoms with E-state index in [0.717, 1.165) is 12.2 Å². The molecule has 0 saturated carbocycles. The molecule has 0 aliphatic carbocycles. The van der Waals surface area contributed by atoms with Crippen LogP contribution in [0.1, 0.15) is 19.8 Å². The van der Waals surface area contributed by atoms with Crippen molar-refractivity contribution in [3.8, 4) is 5.75 Å². The smallest absolute Gasteiger partial charge is 0.240 e. The van der Waals surface area contributed by atoms with Gasteiger partial charge >= 0.3 is 0 Å². The van der Waals surface area contributed by atoms with Gasteiger partial charge in [-0.15, -0.1) is 0 Å². The lowest BCUT2D eigenvalue weighted by molar-refractivity contribution is 0.233. The van der Waals surface area contributed by atoms with Gasteiger partial charge in [0.25, 0.3) is 0 Å². The average Bonchev–Trinajstić information content (AvgIpc) is 2.47. The summed E-state index contributed by atoms with van der Waals surface area (Å²) in [6.45, 7) is 2.44. The van der Waals surface area contributed by atoms with Crippen LogP contribution in [0.15, 0.2) is 29.2 Å². The minimum atomic E-state index is -3.49. The zero-order valence-corrected chi connectivity index (χ0v) is 14.0. The molecule has 0 heterocycles. The molecule has 1 atom stereocenters. The number of hydrogen-bond donors (Lipinski definition) is 2. The number of ether oxygens (including phenoxy) is 1. The molecule has 5 nitrogen and oxygen atoms in total. The van der Waals surface area contributed by atoms with Crippen LogP contribution >= 0.6 is 11.8 Å². The van der Waals surface area contributed by atoms with E-state index in [9.17, 15) is 8.42 Å². The number of thioether (sulfide) groups is 1. The average molecular weight is 333 g/mol. The molecule has 0 aliphatic rings. The van der Waals surface area contributed by atoms with E-state index in [1.54, 1.807) is 23.9 Å². The highest BCUT2D eigenvalue weighted by Crippen LogP contribution is 2.17. The van der Waals surface area contributed by atoms with E-state index in [1.807, 2.05) is 13.2 Å². The Morgan fingerprint density at radius 2 is 2.00 bits per heavy atom. The van der Waals surface area contributed by atoms with Crippen LogP contribution in [-0.2, 0) is 10.0 Å². The standard InChI is InChI=1S/C14H23NO4S2/c1-3-12(11-20-2)15-21(17,18)14-7-5-13(6-8-14)19-10-4-9-16/h5-8,12,15-16H,3-4,9-11H2,1-2H3. The van der Waals surface area contributed by atoms with E-state index >= 15 is 0 Å². The van der Waals surface area contributed by atoms with Gasteiger partial charge in [0.15, 0.2) is 0 Å². The number of rotatable bonds is 10. The lowest BCUT2D eigenvalue weighted by atomic mass is 10.3. The Kier molecular flexibility index (Phi) is 8.10. The molecule has 2 N–H and O–H groups in total. The van der Waals surface area contributed by atoms with Crippen molar-refractivity contribution in [2.45, 2.75) is 30.7 Å². The Morgan fingerprint density at radius 3 is 2.52 bits per heavy atom. The fourth-order valence-electron chi connectivity index (χ4n) is 1.69. The Bertz CT molecular complexity index is 502. The summed E-state index contributed by atoms with van der Waals surface area (Å²) in [5.41, 5.74) is 0. The van der Waals surface area contributed by atoms with Crippen molar-refractivity contribution in [3.05, 3.63) is 24.3 Å². The second-order valence-electron chi connectivity index (χ2n) is 4.58. The van der Waals surface area contributed by atoms with Gasteiger partial charge in [0.05, 0.1) is 11.5 Å². The molecular weight excluding hydrogens is 310 g/mol. The molecule has 0 radical (unpaired) electrons. The van der Waals surface area contributed by atoms with E-state index in [2.05, 4.69) is 4.72 Å². The molecule has 0 bridgehead atoms. The van der Waals surface area contributed by atoms with Crippen molar-refractivity contribution in [3.63, 3.8) is 0 Å². The van der Waals surface area contributed by atoms with Crippen molar-refractivity contribution < 1.29 is 18.3 Å². The number of aliphatic hydroxyl groups is 1. The normalized spacial score (nSPS) is 13.1. The Labute approximate surface area is 131 Å². The van der Waals surface area contributed by atoms with Crippen LogP contribution in [0.25, 0.3) is 0 Å². The summed E-state index contributed by atoms with van der Waals surface area (Å²) < 4.78 is 32.6. The van der Waals surface area contributed by atoms with E-state index in [-0.39, 0.29) is 17.5 Å². The lowest BCUT2D eigenvalue weighted by Crippen LogP contribution is -2.36. The topological polar surface area (TPSA) is 75.6 Å². The number of benzene rings is 1. The van der Waals surface area contributed by atoms with E-state index in [0.29, 0.717) is 18.8 Å². The molecule has 7 heteroatoms. The highest BCUT2D eigenvalue weighted by Gasteiger charge is 2.18. The SMILES string of the molecule is CCC(CSC)NS(=O)(=O)c1ccc(OCCCO)cc1. The third-order valence-corrected chi connectivity index (χ3v) is 5.16. The molecule has 1 unspecified atom stereocenters. The minimum absolute atomic E-state index is 0.0644. The van der Waals surface area contributed by atoms with Gasteiger partial charge in [-0.2, -0.15) is 11.8 Å². The first kappa shape index (κ1) is 18.3. The van der Waals surface area contributed by atoms with Crippen LogP contribution < -0.4 is 9.46 Å². The molecule has 21 heavy (non-hydrogen) atoms. The number of nitrogens with one attached hydrogen (secondary N) is 1. The quantitative estimate of drug-likeness (QED) is 0.639. The maximum Gasteiger partial charge on any atom is 0.240 e. The number of hydrogen-bond acceptors (Lipinski definition) is 5. The van der Waals surface area contributed by atoms with Crippen molar-refractivity contribution in [2.75, 3.05) is 25.2 Å². The summed E-state index contributed by atoms with van der Waals surface area (Å²) in [6.07, 6.45) is 3.26. The van der Waals surface area contributed by atoms with Crippen LogP contribution in [-0.4, -0.2) is 44.8 Å². The predicted molar refractivity (Wildman–Crippen MR) is 86.4 cm³/mol. The summed E-state index contributed by atoms with van der Waals surface area (Å²) >= 11 is 1.62. The van der Waals surface area contributed by atoms with Gasteiger partial charge in [-0.25, -0.2) is 13.1 Å². The van der Waals surface area contributed by atoms with Gasteiger partial charge in [-0.05, 0) is 36.9 Å². The van der Waals surface area contributed by atoms with E-state index < -0.39 is 10.0 Å². The summed E-state index contributed by atoms with van der Waals surface area (Å²) in [5, 5.41) is 8.68. The molecule has 120 valence electrons. The summed E-state index contributed by atoms with van der Waals surface area (Å²) in [5.74, 6) is 1.34. The maximum absolute atomic E-state index is 12.3. The van der Waals surface area contributed by atoms with Gasteiger partial charge in [0.1, 0.15) is 5.75 Å². The molecular formula is C14H23NO4S2. The molecule has 0 aliphatic heterocycles. The third-order valence-electron chi connectivity index (χ3n) is 2.89. The van der Waals surface area contributed by atoms with E-state index in [4.69, 9.17) is 9.84 Å². The van der Waals surface area contributed by atoms with Gasteiger partial charge in [0.2, 0.25) is 10.0 Å². The van der Waals surface area contributed by atoms with Gasteiger partial charge in [0, 0.05) is 24.8 Å². The third kappa shape index (κ3) is 6.25.